The van der Waals surface area contributed by atoms with Crippen LogP contribution in [0.4, 0.5) is 4.79 Å². The van der Waals surface area contributed by atoms with Gasteiger partial charge in [0.25, 0.3) is 0 Å². The Morgan fingerprint density at radius 1 is 1.26 bits per heavy atom. The standard InChI is InChI=1S/C26H37N3O4S/c1-6-8-16-27-23(30)22(20-15-10-9-12-18(20)7-2)29(19-13-11-14-19)24(31)21(17-34)28-25(32)33-26(3,4)5/h2,9-10,12,15,19,21-22,34H,6,8,11,13-14,16-17H2,1,3-5H3,(H,27,30)(H,28,32). The Morgan fingerprint density at radius 2 is 1.94 bits per heavy atom. The lowest BCUT2D eigenvalue weighted by Gasteiger charge is -2.43. The van der Waals surface area contributed by atoms with Crippen LogP contribution in [0, 0.1) is 12.3 Å². The number of nitrogens with one attached hydrogen (secondary N) is 2. The van der Waals surface area contributed by atoms with Crippen LogP contribution in [0.2, 0.25) is 0 Å². The summed E-state index contributed by atoms with van der Waals surface area (Å²) in [5, 5.41) is 5.60. The number of hydrogen-bond donors (Lipinski definition) is 3. The van der Waals surface area contributed by atoms with E-state index in [0.29, 0.717) is 17.7 Å². The van der Waals surface area contributed by atoms with E-state index in [4.69, 9.17) is 11.2 Å². The average molecular weight is 488 g/mol. The number of terminal acetylenes is 1. The predicted molar refractivity (Wildman–Crippen MR) is 137 cm³/mol. The summed E-state index contributed by atoms with van der Waals surface area (Å²) < 4.78 is 5.33. The molecule has 3 amide bonds. The molecule has 0 aliphatic heterocycles. The fraction of sp³-hybridized carbons (Fsp3) is 0.577. The molecule has 34 heavy (non-hydrogen) atoms. The highest BCUT2D eigenvalue weighted by Crippen LogP contribution is 2.35. The zero-order valence-electron chi connectivity index (χ0n) is 20.6. The van der Waals surface area contributed by atoms with Gasteiger partial charge in [-0.1, -0.05) is 37.5 Å². The topological polar surface area (TPSA) is 87.7 Å². The van der Waals surface area contributed by atoms with E-state index >= 15 is 0 Å². The van der Waals surface area contributed by atoms with Crippen LogP contribution in [0.25, 0.3) is 0 Å². The van der Waals surface area contributed by atoms with Crippen molar-refractivity contribution in [3.05, 3.63) is 35.4 Å². The second-order valence-corrected chi connectivity index (χ2v) is 9.86. The molecule has 0 radical (unpaired) electrons. The first-order chi connectivity index (χ1) is 16.1. The molecule has 186 valence electrons. The Bertz CT molecular complexity index is 902. The van der Waals surface area contributed by atoms with E-state index < -0.39 is 23.8 Å². The molecule has 2 rings (SSSR count). The zero-order chi connectivity index (χ0) is 25.3. The van der Waals surface area contributed by atoms with Crippen molar-refractivity contribution in [1.29, 1.82) is 0 Å². The molecule has 2 unspecified atom stereocenters. The van der Waals surface area contributed by atoms with Gasteiger partial charge in [0, 0.05) is 23.9 Å². The second kappa shape index (κ2) is 12.7. The SMILES string of the molecule is C#Cc1ccccc1C(C(=O)NCCCC)N(C(=O)C(CS)NC(=O)OC(C)(C)C)C1CCC1. The molecule has 8 heteroatoms. The van der Waals surface area contributed by atoms with Crippen molar-refractivity contribution in [3.8, 4) is 12.3 Å². The minimum Gasteiger partial charge on any atom is -0.444 e. The zero-order valence-corrected chi connectivity index (χ0v) is 21.5. The summed E-state index contributed by atoms with van der Waals surface area (Å²) in [5.41, 5.74) is 0.433. The van der Waals surface area contributed by atoms with Crippen molar-refractivity contribution in [3.63, 3.8) is 0 Å². The molecule has 1 aromatic carbocycles. The minimum absolute atomic E-state index is 0.0578. The number of benzene rings is 1. The van der Waals surface area contributed by atoms with Gasteiger partial charge in [0.1, 0.15) is 17.7 Å². The van der Waals surface area contributed by atoms with Gasteiger partial charge in [-0.3, -0.25) is 9.59 Å². The Hall–Kier alpha value is -2.66. The molecular weight excluding hydrogens is 450 g/mol. The van der Waals surface area contributed by atoms with Gasteiger partial charge in [-0.15, -0.1) is 6.42 Å². The van der Waals surface area contributed by atoms with Crippen LogP contribution in [0.1, 0.15) is 77.0 Å². The monoisotopic (exact) mass is 487 g/mol. The number of alkyl carbamates (subject to hydrolysis) is 1. The fourth-order valence-electron chi connectivity index (χ4n) is 3.77. The number of rotatable bonds is 10. The van der Waals surface area contributed by atoms with Crippen molar-refractivity contribution < 1.29 is 19.1 Å². The van der Waals surface area contributed by atoms with Crippen molar-refractivity contribution in [1.82, 2.24) is 15.5 Å². The number of amides is 3. The molecule has 0 bridgehead atoms. The highest BCUT2D eigenvalue weighted by Gasteiger charge is 2.42. The maximum atomic E-state index is 13.8. The summed E-state index contributed by atoms with van der Waals surface area (Å²) in [6.45, 7) is 7.79. The van der Waals surface area contributed by atoms with Crippen LogP contribution in [-0.4, -0.2) is 52.8 Å². The lowest BCUT2D eigenvalue weighted by molar-refractivity contribution is -0.147. The molecule has 1 fully saturated rings. The smallest absolute Gasteiger partial charge is 0.408 e. The van der Waals surface area contributed by atoms with Crippen LogP contribution in [0.15, 0.2) is 24.3 Å². The Labute approximate surface area is 208 Å². The number of thiol groups is 1. The van der Waals surface area contributed by atoms with E-state index in [1.54, 1.807) is 49.9 Å². The molecule has 2 atom stereocenters. The molecular formula is C26H37N3O4S. The Balaban J connectivity index is 2.44. The van der Waals surface area contributed by atoms with Crippen LogP contribution < -0.4 is 10.6 Å². The fourth-order valence-corrected chi connectivity index (χ4v) is 4.01. The van der Waals surface area contributed by atoms with Gasteiger partial charge in [0.05, 0.1) is 0 Å². The molecule has 7 nitrogen and oxygen atoms in total. The Kier molecular flexibility index (Phi) is 10.3. The highest BCUT2D eigenvalue weighted by molar-refractivity contribution is 7.80. The number of carbonyl (C=O) groups excluding carboxylic acids is 3. The van der Waals surface area contributed by atoms with E-state index in [-0.39, 0.29) is 23.6 Å². The van der Waals surface area contributed by atoms with Gasteiger partial charge < -0.3 is 20.3 Å². The third kappa shape index (κ3) is 7.42. The number of hydrogen-bond acceptors (Lipinski definition) is 5. The number of nitrogens with zero attached hydrogens (tertiary/aromatic N) is 1. The van der Waals surface area contributed by atoms with Crippen LogP contribution in [0.3, 0.4) is 0 Å². The normalized spacial score (nSPS) is 15.3. The summed E-state index contributed by atoms with van der Waals surface area (Å²) in [7, 11) is 0. The van der Waals surface area contributed by atoms with Crippen molar-refractivity contribution >= 4 is 30.5 Å². The van der Waals surface area contributed by atoms with Crippen LogP contribution >= 0.6 is 12.6 Å². The van der Waals surface area contributed by atoms with Crippen LogP contribution in [-0.2, 0) is 14.3 Å². The van der Waals surface area contributed by atoms with Gasteiger partial charge in [0.15, 0.2) is 0 Å². The summed E-state index contributed by atoms with van der Waals surface area (Å²) in [6, 6.07) is 5.16. The lowest BCUT2D eigenvalue weighted by Crippen LogP contribution is -2.58. The summed E-state index contributed by atoms with van der Waals surface area (Å²) >= 11 is 4.32. The molecule has 2 N–H and O–H groups in total. The summed E-state index contributed by atoms with van der Waals surface area (Å²) in [6.07, 6.45) is 9.30. The first kappa shape index (κ1) is 27.6. The van der Waals surface area contributed by atoms with Crippen LogP contribution in [0.5, 0.6) is 0 Å². The molecule has 0 saturated heterocycles. The summed E-state index contributed by atoms with van der Waals surface area (Å²) in [5.74, 6) is 2.04. The third-order valence-electron chi connectivity index (χ3n) is 5.66. The average Bonchev–Trinajstić information content (AvgIpc) is 2.74. The van der Waals surface area contributed by atoms with E-state index in [1.165, 1.54) is 0 Å². The predicted octanol–water partition coefficient (Wildman–Crippen LogP) is 3.83. The molecule has 1 aromatic rings. The quantitative estimate of drug-likeness (QED) is 0.266. The molecule has 0 heterocycles. The second-order valence-electron chi connectivity index (χ2n) is 9.49. The number of ether oxygens (including phenoxy) is 1. The molecule has 1 aliphatic carbocycles. The van der Waals surface area contributed by atoms with Gasteiger partial charge in [-0.05, 0) is 58.1 Å². The molecule has 0 aromatic heterocycles. The Morgan fingerprint density at radius 3 is 2.47 bits per heavy atom. The highest BCUT2D eigenvalue weighted by atomic mass is 32.1. The van der Waals surface area contributed by atoms with Crippen molar-refractivity contribution in [2.45, 2.75) is 83.5 Å². The van der Waals surface area contributed by atoms with Gasteiger partial charge in [-0.25, -0.2) is 4.79 Å². The van der Waals surface area contributed by atoms with Crippen molar-refractivity contribution in [2.24, 2.45) is 0 Å². The maximum Gasteiger partial charge on any atom is 0.408 e. The van der Waals surface area contributed by atoms with E-state index in [2.05, 4.69) is 29.2 Å². The largest absolute Gasteiger partial charge is 0.444 e. The van der Waals surface area contributed by atoms with Crippen molar-refractivity contribution in [2.75, 3.05) is 12.3 Å². The number of unbranched alkanes of at least 4 members (excludes halogenated alkanes) is 1. The molecule has 1 saturated carbocycles. The first-order valence-electron chi connectivity index (χ1n) is 11.9. The lowest BCUT2D eigenvalue weighted by atomic mass is 9.87. The van der Waals surface area contributed by atoms with E-state index in [1.807, 2.05) is 6.92 Å². The van der Waals surface area contributed by atoms with E-state index in [0.717, 1.165) is 32.1 Å². The van der Waals surface area contributed by atoms with Gasteiger partial charge >= 0.3 is 6.09 Å². The molecule has 1 aliphatic rings. The maximum absolute atomic E-state index is 13.8. The van der Waals surface area contributed by atoms with Gasteiger partial charge in [0.2, 0.25) is 11.8 Å². The first-order valence-corrected chi connectivity index (χ1v) is 12.5. The van der Waals surface area contributed by atoms with E-state index in [9.17, 15) is 14.4 Å². The number of carbonyl (C=O) groups is 3. The third-order valence-corrected chi connectivity index (χ3v) is 6.03. The summed E-state index contributed by atoms with van der Waals surface area (Å²) in [4.78, 5) is 41.3. The van der Waals surface area contributed by atoms with Gasteiger partial charge in [-0.2, -0.15) is 12.6 Å². The molecule has 0 spiro atoms. The minimum atomic E-state index is -0.956.